The number of nitrogens with zero attached hydrogens (tertiary/aromatic N) is 1. The molecule has 0 aliphatic rings. The third-order valence-electron chi connectivity index (χ3n) is 3.58. The molecule has 0 spiro atoms. The molecule has 23 heavy (non-hydrogen) atoms. The Morgan fingerprint density at radius 2 is 1.74 bits per heavy atom. The molecule has 0 atom stereocenters. The van der Waals surface area contributed by atoms with Crippen LogP contribution < -0.4 is 15.0 Å². The summed E-state index contributed by atoms with van der Waals surface area (Å²) in [5, 5.41) is 0.963. The summed E-state index contributed by atoms with van der Waals surface area (Å²) in [7, 11) is 2.96. The van der Waals surface area contributed by atoms with Crippen LogP contribution >= 0.6 is 0 Å². The molecule has 0 aliphatic carbocycles. The van der Waals surface area contributed by atoms with Crippen molar-refractivity contribution in [3.8, 4) is 17.2 Å². The number of methoxy groups -OCH3 is 2. The van der Waals surface area contributed by atoms with Crippen LogP contribution in [0.4, 0.5) is 8.78 Å². The molecule has 3 aromatic rings. The van der Waals surface area contributed by atoms with E-state index in [1.807, 2.05) is 0 Å². The van der Waals surface area contributed by atoms with Crippen LogP contribution in [0.3, 0.4) is 0 Å². The zero-order chi connectivity index (χ0) is 16.6. The predicted octanol–water partition coefficient (Wildman–Crippen LogP) is 3.29. The zero-order valence-corrected chi connectivity index (χ0v) is 12.5. The van der Waals surface area contributed by atoms with Gasteiger partial charge in [-0.05, 0) is 29.7 Å². The van der Waals surface area contributed by atoms with Crippen LogP contribution in [0, 0.1) is 11.6 Å². The van der Waals surface area contributed by atoms with Crippen LogP contribution in [0.5, 0.6) is 11.5 Å². The lowest BCUT2D eigenvalue weighted by Gasteiger charge is -2.11. The lowest BCUT2D eigenvalue weighted by molar-refractivity contribution is 0.397. The van der Waals surface area contributed by atoms with Crippen LogP contribution in [0.15, 0.2) is 47.4 Å². The summed E-state index contributed by atoms with van der Waals surface area (Å²) < 4.78 is 38.2. The second kappa shape index (κ2) is 5.72. The van der Waals surface area contributed by atoms with Gasteiger partial charge in [-0.1, -0.05) is 0 Å². The van der Waals surface area contributed by atoms with E-state index < -0.39 is 17.2 Å². The van der Waals surface area contributed by atoms with E-state index in [1.54, 1.807) is 18.2 Å². The zero-order valence-electron chi connectivity index (χ0n) is 12.5. The van der Waals surface area contributed by atoms with E-state index in [0.29, 0.717) is 22.3 Å². The number of ether oxygens (including phenoxy) is 2. The minimum atomic E-state index is -1.02. The van der Waals surface area contributed by atoms with Crippen molar-refractivity contribution < 1.29 is 18.3 Å². The largest absolute Gasteiger partial charge is 0.497 e. The van der Waals surface area contributed by atoms with Gasteiger partial charge in [0.2, 0.25) is 0 Å². The average Bonchev–Trinajstić information content (AvgIpc) is 2.56. The molecule has 4 nitrogen and oxygen atoms in total. The second-order valence-electron chi connectivity index (χ2n) is 4.88. The van der Waals surface area contributed by atoms with Crippen molar-refractivity contribution in [2.45, 2.75) is 0 Å². The van der Waals surface area contributed by atoms with E-state index in [0.717, 1.165) is 12.1 Å². The molecule has 1 aromatic heterocycles. The van der Waals surface area contributed by atoms with Crippen LogP contribution in [0.25, 0.3) is 16.5 Å². The fourth-order valence-corrected chi connectivity index (χ4v) is 2.43. The lowest BCUT2D eigenvalue weighted by Crippen LogP contribution is -2.18. The number of halogens is 2. The summed E-state index contributed by atoms with van der Waals surface area (Å²) in [6.07, 6.45) is 1.50. The summed E-state index contributed by atoms with van der Waals surface area (Å²) in [4.78, 5) is 12.7. The Hall–Kier alpha value is -2.89. The maximum Gasteiger partial charge on any atom is 0.266 e. The Labute approximate surface area is 130 Å². The van der Waals surface area contributed by atoms with E-state index in [2.05, 4.69) is 0 Å². The Balaban J connectivity index is 2.30. The molecule has 2 aromatic carbocycles. The molecule has 0 bridgehead atoms. The monoisotopic (exact) mass is 317 g/mol. The Morgan fingerprint density at radius 1 is 0.957 bits per heavy atom. The quantitative estimate of drug-likeness (QED) is 0.744. The van der Waals surface area contributed by atoms with E-state index >= 15 is 0 Å². The van der Waals surface area contributed by atoms with Gasteiger partial charge in [0.1, 0.15) is 11.5 Å². The molecule has 0 fully saturated rings. The maximum absolute atomic E-state index is 13.4. The van der Waals surface area contributed by atoms with Crippen molar-refractivity contribution in [1.29, 1.82) is 0 Å². The molecular formula is C17H13F2NO3. The van der Waals surface area contributed by atoms with Crippen LogP contribution in [-0.4, -0.2) is 18.8 Å². The molecule has 1 heterocycles. The number of aromatic nitrogens is 1. The first-order valence-electron chi connectivity index (χ1n) is 6.78. The van der Waals surface area contributed by atoms with Crippen molar-refractivity contribution in [2.24, 2.45) is 0 Å². The van der Waals surface area contributed by atoms with Crippen molar-refractivity contribution in [1.82, 2.24) is 4.57 Å². The second-order valence-corrected chi connectivity index (χ2v) is 4.88. The summed E-state index contributed by atoms with van der Waals surface area (Å²) in [5.74, 6) is -1.08. The first kappa shape index (κ1) is 15.0. The number of hydrogen-bond acceptors (Lipinski definition) is 3. The van der Waals surface area contributed by atoms with Gasteiger partial charge in [0.25, 0.3) is 5.56 Å². The molecule has 0 N–H and O–H groups in total. The normalized spacial score (nSPS) is 10.8. The molecule has 0 unspecified atom stereocenters. The van der Waals surface area contributed by atoms with Gasteiger partial charge in [0.05, 0.1) is 25.3 Å². The highest BCUT2D eigenvalue weighted by Crippen LogP contribution is 2.29. The van der Waals surface area contributed by atoms with Gasteiger partial charge in [-0.25, -0.2) is 8.78 Å². The molecule has 0 amide bonds. The highest BCUT2D eigenvalue weighted by Gasteiger charge is 2.13. The van der Waals surface area contributed by atoms with Crippen molar-refractivity contribution in [3.05, 3.63) is 64.6 Å². The fraction of sp³-hybridized carbons (Fsp3) is 0.118. The van der Waals surface area contributed by atoms with E-state index in [9.17, 15) is 13.6 Å². The summed E-state index contributed by atoms with van der Waals surface area (Å²) >= 11 is 0. The third-order valence-corrected chi connectivity index (χ3v) is 3.58. The highest BCUT2D eigenvalue weighted by atomic mass is 19.2. The standard InChI is InChI=1S/C17H13F2NO3/c1-22-12-7-10-5-6-20(11-3-4-13(18)14(19)8-11)17(21)16(10)15(9-12)23-2/h3-9H,1-2H3. The Morgan fingerprint density at radius 3 is 2.39 bits per heavy atom. The number of pyridine rings is 1. The molecule has 118 valence electrons. The maximum atomic E-state index is 13.4. The van der Waals surface area contributed by atoms with Crippen molar-refractivity contribution >= 4 is 10.8 Å². The molecule has 0 saturated carbocycles. The smallest absolute Gasteiger partial charge is 0.266 e. The number of rotatable bonds is 3. The number of fused-ring (bicyclic) bond motifs is 1. The van der Waals surface area contributed by atoms with E-state index in [4.69, 9.17) is 9.47 Å². The first-order chi connectivity index (χ1) is 11.0. The Kier molecular flexibility index (Phi) is 3.73. The predicted molar refractivity (Wildman–Crippen MR) is 82.6 cm³/mol. The van der Waals surface area contributed by atoms with Gasteiger partial charge in [-0.15, -0.1) is 0 Å². The molecule has 6 heteroatoms. The topological polar surface area (TPSA) is 40.5 Å². The van der Waals surface area contributed by atoms with E-state index in [-0.39, 0.29) is 5.69 Å². The average molecular weight is 317 g/mol. The highest BCUT2D eigenvalue weighted by molar-refractivity contribution is 5.89. The summed E-state index contributed by atoms with van der Waals surface area (Å²) in [5.41, 5.74) is -0.165. The molecule has 0 saturated heterocycles. The summed E-state index contributed by atoms with van der Waals surface area (Å²) in [6.45, 7) is 0. The molecular weight excluding hydrogens is 304 g/mol. The number of hydrogen-bond donors (Lipinski definition) is 0. The van der Waals surface area contributed by atoms with Crippen LogP contribution in [0.1, 0.15) is 0 Å². The molecule has 0 radical (unpaired) electrons. The lowest BCUT2D eigenvalue weighted by atomic mass is 10.1. The SMILES string of the molecule is COc1cc(OC)c2c(=O)n(-c3ccc(F)c(F)c3)ccc2c1. The van der Waals surface area contributed by atoms with Crippen LogP contribution in [0.2, 0.25) is 0 Å². The molecule has 3 rings (SSSR count). The van der Waals surface area contributed by atoms with Gasteiger partial charge in [-0.2, -0.15) is 0 Å². The van der Waals surface area contributed by atoms with Gasteiger partial charge in [0.15, 0.2) is 11.6 Å². The van der Waals surface area contributed by atoms with Gasteiger partial charge in [0, 0.05) is 18.3 Å². The van der Waals surface area contributed by atoms with Crippen LogP contribution in [-0.2, 0) is 0 Å². The Bertz CT molecular complexity index is 950. The van der Waals surface area contributed by atoms with Gasteiger partial charge < -0.3 is 9.47 Å². The summed E-state index contributed by atoms with van der Waals surface area (Å²) in [6, 6.07) is 8.27. The number of benzene rings is 2. The minimum absolute atomic E-state index is 0.230. The third kappa shape index (κ3) is 2.52. The van der Waals surface area contributed by atoms with Crippen molar-refractivity contribution in [2.75, 3.05) is 14.2 Å². The first-order valence-corrected chi connectivity index (χ1v) is 6.78. The van der Waals surface area contributed by atoms with E-state index in [1.165, 1.54) is 31.0 Å². The molecule has 0 aliphatic heterocycles. The van der Waals surface area contributed by atoms with Gasteiger partial charge >= 0.3 is 0 Å². The fourth-order valence-electron chi connectivity index (χ4n) is 2.43. The minimum Gasteiger partial charge on any atom is -0.497 e. The van der Waals surface area contributed by atoms with Crippen molar-refractivity contribution in [3.63, 3.8) is 0 Å². The van der Waals surface area contributed by atoms with Gasteiger partial charge in [-0.3, -0.25) is 9.36 Å².